The molecule has 2 rings (SSSR count). The quantitative estimate of drug-likeness (QED) is 0.918. The van der Waals surface area contributed by atoms with E-state index in [0.717, 1.165) is 15.7 Å². The van der Waals surface area contributed by atoms with E-state index in [9.17, 15) is 0 Å². The molecule has 2 N–H and O–H groups in total. The molecule has 0 saturated carbocycles. The first kappa shape index (κ1) is 10.9. The van der Waals surface area contributed by atoms with Crippen molar-refractivity contribution >= 4 is 21.6 Å². The van der Waals surface area contributed by atoms with Crippen LogP contribution in [-0.2, 0) is 0 Å². The second-order valence-corrected chi connectivity index (χ2v) is 4.12. The Morgan fingerprint density at radius 2 is 1.88 bits per heavy atom. The molecule has 0 radical (unpaired) electrons. The van der Waals surface area contributed by atoms with Crippen molar-refractivity contribution < 1.29 is 4.74 Å². The van der Waals surface area contributed by atoms with Crippen LogP contribution in [0.15, 0.2) is 34.8 Å². The highest BCUT2D eigenvalue weighted by Crippen LogP contribution is 2.24. The number of benzene rings is 1. The monoisotopic (exact) mass is 279 g/mol. The maximum Gasteiger partial charge on any atom is 0.256 e. The Kier molecular flexibility index (Phi) is 3.05. The number of nitrogen functional groups attached to an aromatic ring is 1. The fourth-order valence-electron chi connectivity index (χ4n) is 1.32. The lowest BCUT2D eigenvalue weighted by atomic mass is 10.1. The minimum absolute atomic E-state index is 0.348. The molecule has 0 saturated heterocycles. The molecule has 16 heavy (non-hydrogen) atoms. The van der Waals surface area contributed by atoms with Crippen LogP contribution in [0.3, 0.4) is 0 Å². The van der Waals surface area contributed by atoms with E-state index in [4.69, 9.17) is 10.5 Å². The average Bonchev–Trinajstić information content (AvgIpc) is 2.30. The molecule has 1 aromatic carbocycles. The average molecular weight is 280 g/mol. The van der Waals surface area contributed by atoms with Crippen molar-refractivity contribution in [1.82, 2.24) is 10.2 Å². The third kappa shape index (κ3) is 2.14. The van der Waals surface area contributed by atoms with Crippen molar-refractivity contribution in [3.8, 4) is 17.1 Å². The van der Waals surface area contributed by atoms with Gasteiger partial charge in [0.2, 0.25) is 0 Å². The Morgan fingerprint density at radius 3 is 2.44 bits per heavy atom. The Hall–Kier alpha value is -1.62. The van der Waals surface area contributed by atoms with E-state index in [-0.39, 0.29) is 0 Å². The molecule has 82 valence electrons. The first-order chi connectivity index (χ1) is 7.70. The number of halogens is 1. The van der Waals surface area contributed by atoms with Gasteiger partial charge >= 0.3 is 0 Å². The van der Waals surface area contributed by atoms with E-state index in [2.05, 4.69) is 26.1 Å². The number of hydrogen-bond acceptors (Lipinski definition) is 4. The Labute approximate surface area is 102 Å². The lowest BCUT2D eigenvalue weighted by Crippen LogP contribution is -1.98. The fraction of sp³-hybridized carbons (Fsp3) is 0.0909. The van der Waals surface area contributed by atoms with Crippen LogP contribution in [0.5, 0.6) is 5.88 Å². The molecule has 0 aliphatic heterocycles. The predicted molar refractivity (Wildman–Crippen MR) is 66.1 cm³/mol. The summed E-state index contributed by atoms with van der Waals surface area (Å²) in [5.74, 6) is 0.348. The number of aromatic nitrogens is 2. The van der Waals surface area contributed by atoms with Crippen LogP contribution >= 0.6 is 15.9 Å². The van der Waals surface area contributed by atoms with Gasteiger partial charge in [0.15, 0.2) is 0 Å². The van der Waals surface area contributed by atoms with E-state index in [1.807, 2.05) is 24.3 Å². The van der Waals surface area contributed by atoms with Crippen molar-refractivity contribution in [2.24, 2.45) is 0 Å². The zero-order valence-corrected chi connectivity index (χ0v) is 10.2. The Morgan fingerprint density at radius 1 is 1.19 bits per heavy atom. The molecule has 1 aromatic heterocycles. The minimum Gasteiger partial charge on any atom is -0.478 e. The lowest BCUT2D eigenvalue weighted by Gasteiger charge is -2.04. The van der Waals surface area contributed by atoms with Crippen LogP contribution < -0.4 is 10.5 Å². The molecule has 1 heterocycles. The van der Waals surface area contributed by atoms with Crippen LogP contribution in [0.4, 0.5) is 5.69 Å². The molecular weight excluding hydrogens is 270 g/mol. The number of methoxy groups -OCH3 is 1. The SMILES string of the molecule is COc1nnc(-c2ccc(Br)cc2)cc1N. The number of ether oxygens (including phenoxy) is 1. The Balaban J connectivity index is 2.41. The summed E-state index contributed by atoms with van der Waals surface area (Å²) in [7, 11) is 1.51. The fourth-order valence-corrected chi connectivity index (χ4v) is 1.58. The first-order valence-corrected chi connectivity index (χ1v) is 5.43. The smallest absolute Gasteiger partial charge is 0.256 e. The van der Waals surface area contributed by atoms with E-state index in [0.29, 0.717) is 11.6 Å². The van der Waals surface area contributed by atoms with E-state index in [1.54, 1.807) is 6.07 Å². The van der Waals surface area contributed by atoms with Gasteiger partial charge < -0.3 is 10.5 Å². The van der Waals surface area contributed by atoms with Gasteiger partial charge in [-0.2, -0.15) is 0 Å². The van der Waals surface area contributed by atoms with E-state index < -0.39 is 0 Å². The standard InChI is InChI=1S/C11H10BrN3O/c1-16-11-9(13)6-10(14-15-11)7-2-4-8(12)5-3-7/h2-6H,1H3,(H2,13,14). The normalized spacial score (nSPS) is 10.1. The van der Waals surface area contributed by atoms with Gasteiger partial charge in [0.25, 0.3) is 5.88 Å². The summed E-state index contributed by atoms with van der Waals surface area (Å²) in [5, 5.41) is 7.93. The molecule has 0 unspecified atom stereocenters. The van der Waals surface area contributed by atoms with Gasteiger partial charge in [-0.05, 0) is 18.2 Å². The first-order valence-electron chi connectivity index (χ1n) is 4.64. The van der Waals surface area contributed by atoms with Gasteiger partial charge in [0.05, 0.1) is 18.5 Å². The number of hydrogen-bond donors (Lipinski definition) is 1. The minimum atomic E-state index is 0.348. The summed E-state index contributed by atoms with van der Waals surface area (Å²) in [4.78, 5) is 0. The largest absolute Gasteiger partial charge is 0.478 e. The molecule has 0 spiro atoms. The molecule has 0 amide bonds. The zero-order chi connectivity index (χ0) is 11.5. The molecule has 0 fully saturated rings. The molecule has 5 heteroatoms. The zero-order valence-electron chi connectivity index (χ0n) is 8.64. The van der Waals surface area contributed by atoms with Crippen LogP contribution in [-0.4, -0.2) is 17.3 Å². The van der Waals surface area contributed by atoms with Gasteiger partial charge in [0.1, 0.15) is 0 Å². The topological polar surface area (TPSA) is 61.0 Å². The molecule has 0 bridgehead atoms. The van der Waals surface area contributed by atoms with Gasteiger partial charge in [-0.15, -0.1) is 10.2 Å². The van der Waals surface area contributed by atoms with Gasteiger partial charge in [-0.25, -0.2) is 0 Å². The molecule has 2 aromatic rings. The van der Waals surface area contributed by atoms with Crippen molar-refractivity contribution in [1.29, 1.82) is 0 Å². The predicted octanol–water partition coefficient (Wildman–Crippen LogP) is 2.50. The summed E-state index contributed by atoms with van der Waals surface area (Å²) in [6.45, 7) is 0. The summed E-state index contributed by atoms with van der Waals surface area (Å²) in [6, 6.07) is 9.52. The van der Waals surface area contributed by atoms with Gasteiger partial charge in [0, 0.05) is 10.0 Å². The number of nitrogens with two attached hydrogens (primary N) is 1. The van der Waals surface area contributed by atoms with Gasteiger partial charge in [-0.3, -0.25) is 0 Å². The van der Waals surface area contributed by atoms with Crippen LogP contribution in [0.1, 0.15) is 0 Å². The maximum absolute atomic E-state index is 5.76. The van der Waals surface area contributed by atoms with E-state index >= 15 is 0 Å². The summed E-state index contributed by atoms with van der Waals surface area (Å²) >= 11 is 3.37. The van der Waals surface area contributed by atoms with E-state index in [1.165, 1.54) is 7.11 Å². The summed E-state index contributed by atoms with van der Waals surface area (Å²) in [6.07, 6.45) is 0. The summed E-state index contributed by atoms with van der Waals surface area (Å²) < 4.78 is 5.97. The second kappa shape index (κ2) is 4.49. The molecule has 0 atom stereocenters. The van der Waals surface area contributed by atoms with Crippen molar-refractivity contribution in [2.45, 2.75) is 0 Å². The molecule has 0 aliphatic carbocycles. The highest BCUT2D eigenvalue weighted by molar-refractivity contribution is 9.10. The van der Waals surface area contributed by atoms with Crippen molar-refractivity contribution in [3.63, 3.8) is 0 Å². The third-order valence-electron chi connectivity index (χ3n) is 2.12. The van der Waals surface area contributed by atoms with Crippen LogP contribution in [0, 0.1) is 0 Å². The Bertz CT molecular complexity index is 499. The van der Waals surface area contributed by atoms with Crippen LogP contribution in [0.2, 0.25) is 0 Å². The highest BCUT2D eigenvalue weighted by atomic mass is 79.9. The number of nitrogens with zero attached hydrogens (tertiary/aromatic N) is 2. The van der Waals surface area contributed by atoms with Crippen molar-refractivity contribution in [3.05, 3.63) is 34.8 Å². The highest BCUT2D eigenvalue weighted by Gasteiger charge is 2.05. The third-order valence-corrected chi connectivity index (χ3v) is 2.65. The molecule has 4 nitrogen and oxygen atoms in total. The number of rotatable bonds is 2. The molecule has 0 aliphatic rings. The number of anilines is 1. The van der Waals surface area contributed by atoms with Crippen LogP contribution in [0.25, 0.3) is 11.3 Å². The lowest BCUT2D eigenvalue weighted by molar-refractivity contribution is 0.394. The molecular formula is C11H10BrN3O. The maximum atomic E-state index is 5.76. The summed E-state index contributed by atoms with van der Waals surface area (Å²) in [5.41, 5.74) is 7.93. The van der Waals surface area contributed by atoms with Crippen molar-refractivity contribution in [2.75, 3.05) is 12.8 Å². The van der Waals surface area contributed by atoms with Gasteiger partial charge in [-0.1, -0.05) is 28.1 Å². The second-order valence-electron chi connectivity index (χ2n) is 3.20.